The zero-order valence-electron chi connectivity index (χ0n) is 11.4. The number of ketones is 1. The van der Waals surface area contributed by atoms with E-state index in [9.17, 15) is 4.79 Å². The largest absolute Gasteiger partial charge is 0.496 e. The third kappa shape index (κ3) is 3.58. The average molecular weight is 331 g/mol. The fourth-order valence-electron chi connectivity index (χ4n) is 1.77. The SMILES string of the molecule is COc1ccc(/C=C/C(=O)c2ccc(C)cc2)cc1Br. The smallest absolute Gasteiger partial charge is 0.185 e. The zero-order valence-corrected chi connectivity index (χ0v) is 13.0. The van der Waals surface area contributed by atoms with Gasteiger partial charge in [0.1, 0.15) is 5.75 Å². The predicted octanol–water partition coefficient (Wildman–Crippen LogP) is 4.66. The molecule has 0 aromatic heterocycles. The molecule has 0 N–H and O–H groups in total. The van der Waals surface area contributed by atoms with Gasteiger partial charge in [-0.3, -0.25) is 4.79 Å². The number of aryl methyl sites for hydroxylation is 1. The number of allylic oxidation sites excluding steroid dienone is 1. The average Bonchev–Trinajstić information content (AvgIpc) is 2.45. The molecule has 0 atom stereocenters. The number of carbonyl (C=O) groups is 1. The van der Waals surface area contributed by atoms with Gasteiger partial charge in [-0.2, -0.15) is 0 Å². The summed E-state index contributed by atoms with van der Waals surface area (Å²) in [5.41, 5.74) is 2.78. The molecule has 102 valence electrons. The molecular weight excluding hydrogens is 316 g/mol. The van der Waals surface area contributed by atoms with Crippen molar-refractivity contribution in [3.63, 3.8) is 0 Å². The van der Waals surface area contributed by atoms with Gasteiger partial charge >= 0.3 is 0 Å². The van der Waals surface area contributed by atoms with Gasteiger partial charge in [0, 0.05) is 5.56 Å². The van der Waals surface area contributed by atoms with Gasteiger partial charge in [-0.05, 0) is 46.6 Å². The number of ether oxygens (including phenoxy) is 1. The molecule has 2 nitrogen and oxygen atoms in total. The van der Waals surface area contributed by atoms with Gasteiger partial charge in [0.25, 0.3) is 0 Å². The Bertz CT molecular complexity index is 643. The van der Waals surface area contributed by atoms with E-state index in [1.807, 2.05) is 49.4 Å². The molecule has 0 aliphatic rings. The van der Waals surface area contributed by atoms with Crippen molar-refractivity contribution in [1.29, 1.82) is 0 Å². The van der Waals surface area contributed by atoms with Crippen LogP contribution in [0.25, 0.3) is 6.08 Å². The Morgan fingerprint density at radius 1 is 1.15 bits per heavy atom. The van der Waals surface area contributed by atoms with E-state index in [0.29, 0.717) is 5.56 Å². The molecule has 0 spiro atoms. The Kier molecular flexibility index (Phi) is 4.74. The molecule has 0 fully saturated rings. The maximum absolute atomic E-state index is 12.0. The lowest BCUT2D eigenvalue weighted by molar-refractivity contribution is 0.104. The first-order valence-electron chi connectivity index (χ1n) is 6.23. The van der Waals surface area contributed by atoms with Crippen molar-refractivity contribution in [2.45, 2.75) is 6.92 Å². The maximum Gasteiger partial charge on any atom is 0.185 e. The van der Waals surface area contributed by atoms with E-state index in [1.165, 1.54) is 0 Å². The lowest BCUT2D eigenvalue weighted by Crippen LogP contribution is -1.93. The van der Waals surface area contributed by atoms with Crippen LogP contribution in [-0.2, 0) is 0 Å². The number of rotatable bonds is 4. The predicted molar refractivity (Wildman–Crippen MR) is 85.2 cm³/mol. The van der Waals surface area contributed by atoms with Crippen molar-refractivity contribution in [3.8, 4) is 5.75 Å². The third-order valence-electron chi connectivity index (χ3n) is 2.94. The van der Waals surface area contributed by atoms with Gasteiger partial charge in [0.15, 0.2) is 5.78 Å². The van der Waals surface area contributed by atoms with E-state index in [1.54, 1.807) is 19.3 Å². The van der Waals surface area contributed by atoms with Crippen molar-refractivity contribution >= 4 is 27.8 Å². The van der Waals surface area contributed by atoms with E-state index in [-0.39, 0.29) is 5.78 Å². The van der Waals surface area contributed by atoms with Crippen LogP contribution in [0.4, 0.5) is 0 Å². The molecule has 0 radical (unpaired) electrons. The lowest BCUT2D eigenvalue weighted by atomic mass is 10.1. The Morgan fingerprint density at radius 2 is 1.85 bits per heavy atom. The molecule has 20 heavy (non-hydrogen) atoms. The van der Waals surface area contributed by atoms with Gasteiger partial charge in [-0.1, -0.05) is 42.0 Å². The number of hydrogen-bond donors (Lipinski definition) is 0. The van der Waals surface area contributed by atoms with Gasteiger partial charge in [-0.25, -0.2) is 0 Å². The zero-order chi connectivity index (χ0) is 14.5. The molecule has 0 saturated heterocycles. The van der Waals surface area contributed by atoms with Crippen LogP contribution in [-0.4, -0.2) is 12.9 Å². The normalized spacial score (nSPS) is 10.8. The summed E-state index contributed by atoms with van der Waals surface area (Å²) in [6.07, 6.45) is 3.38. The van der Waals surface area contributed by atoms with Crippen molar-refractivity contribution in [1.82, 2.24) is 0 Å². The summed E-state index contributed by atoms with van der Waals surface area (Å²) in [6.45, 7) is 2.00. The fourth-order valence-corrected chi connectivity index (χ4v) is 2.33. The topological polar surface area (TPSA) is 26.3 Å². The van der Waals surface area contributed by atoms with Gasteiger partial charge in [0.05, 0.1) is 11.6 Å². The second kappa shape index (κ2) is 6.53. The molecule has 0 saturated carbocycles. The molecular formula is C17H15BrO2. The first-order valence-corrected chi connectivity index (χ1v) is 7.02. The summed E-state index contributed by atoms with van der Waals surface area (Å²) >= 11 is 3.42. The summed E-state index contributed by atoms with van der Waals surface area (Å²) in [6, 6.07) is 13.2. The molecule has 0 bridgehead atoms. The van der Waals surface area contributed by atoms with Crippen LogP contribution in [0.1, 0.15) is 21.5 Å². The van der Waals surface area contributed by atoms with Crippen LogP contribution in [0.2, 0.25) is 0 Å². The number of carbonyl (C=O) groups excluding carboxylic acids is 1. The molecule has 0 unspecified atom stereocenters. The molecule has 0 heterocycles. The standard InChI is InChI=1S/C17H15BrO2/c1-12-3-7-14(8-4-12)16(19)9-5-13-6-10-17(20-2)15(18)11-13/h3-11H,1-2H3/b9-5+. The first kappa shape index (κ1) is 14.5. The summed E-state index contributed by atoms with van der Waals surface area (Å²) in [4.78, 5) is 12.0. The molecule has 2 aromatic carbocycles. The van der Waals surface area contributed by atoms with Crippen molar-refractivity contribution in [2.24, 2.45) is 0 Å². The second-order valence-electron chi connectivity index (χ2n) is 4.46. The fraction of sp³-hybridized carbons (Fsp3) is 0.118. The minimum absolute atomic E-state index is 0.00283. The van der Waals surface area contributed by atoms with Crippen molar-refractivity contribution < 1.29 is 9.53 Å². The van der Waals surface area contributed by atoms with Gasteiger partial charge in [0.2, 0.25) is 0 Å². The monoisotopic (exact) mass is 330 g/mol. The number of benzene rings is 2. The first-order chi connectivity index (χ1) is 9.60. The Balaban J connectivity index is 2.14. The highest BCUT2D eigenvalue weighted by Crippen LogP contribution is 2.26. The molecule has 0 aliphatic heterocycles. The number of halogens is 1. The highest BCUT2D eigenvalue weighted by Gasteiger charge is 2.02. The highest BCUT2D eigenvalue weighted by atomic mass is 79.9. The Labute approximate surface area is 127 Å². The van der Waals surface area contributed by atoms with E-state index >= 15 is 0 Å². The highest BCUT2D eigenvalue weighted by molar-refractivity contribution is 9.10. The second-order valence-corrected chi connectivity index (χ2v) is 5.31. The van der Waals surface area contributed by atoms with Crippen LogP contribution < -0.4 is 4.74 Å². The third-order valence-corrected chi connectivity index (χ3v) is 3.56. The van der Waals surface area contributed by atoms with E-state index in [4.69, 9.17) is 4.74 Å². The van der Waals surface area contributed by atoms with Crippen LogP contribution in [0.5, 0.6) is 5.75 Å². The molecule has 3 heteroatoms. The summed E-state index contributed by atoms with van der Waals surface area (Å²) < 4.78 is 6.03. The maximum atomic E-state index is 12.0. The van der Waals surface area contributed by atoms with E-state index < -0.39 is 0 Å². The lowest BCUT2D eigenvalue weighted by Gasteiger charge is -2.03. The molecule has 2 aromatic rings. The number of hydrogen-bond acceptors (Lipinski definition) is 2. The van der Waals surface area contributed by atoms with Crippen LogP contribution in [0, 0.1) is 6.92 Å². The number of methoxy groups -OCH3 is 1. The molecule has 2 rings (SSSR count). The van der Waals surface area contributed by atoms with Crippen LogP contribution >= 0.6 is 15.9 Å². The Hall–Kier alpha value is -1.87. The summed E-state index contributed by atoms with van der Waals surface area (Å²) in [5.74, 6) is 0.768. The minimum atomic E-state index is -0.00283. The van der Waals surface area contributed by atoms with E-state index in [2.05, 4.69) is 15.9 Å². The summed E-state index contributed by atoms with van der Waals surface area (Å²) in [5, 5.41) is 0. The Morgan fingerprint density at radius 3 is 2.45 bits per heavy atom. The van der Waals surface area contributed by atoms with E-state index in [0.717, 1.165) is 21.3 Å². The van der Waals surface area contributed by atoms with Crippen molar-refractivity contribution in [3.05, 3.63) is 69.7 Å². The summed E-state index contributed by atoms with van der Waals surface area (Å²) in [7, 11) is 1.62. The van der Waals surface area contributed by atoms with Gasteiger partial charge in [-0.15, -0.1) is 0 Å². The quantitative estimate of drug-likeness (QED) is 0.601. The van der Waals surface area contributed by atoms with Crippen LogP contribution in [0.3, 0.4) is 0 Å². The van der Waals surface area contributed by atoms with Crippen LogP contribution in [0.15, 0.2) is 53.0 Å². The molecule has 0 aliphatic carbocycles. The molecule has 0 amide bonds. The van der Waals surface area contributed by atoms with Gasteiger partial charge < -0.3 is 4.74 Å². The van der Waals surface area contributed by atoms with Crippen molar-refractivity contribution in [2.75, 3.05) is 7.11 Å². The minimum Gasteiger partial charge on any atom is -0.496 e.